The zero-order chi connectivity index (χ0) is 34.8. The number of carbonyl (C=O) groups is 4. The van der Waals surface area contributed by atoms with Gasteiger partial charge < -0.3 is 15.0 Å². The zero-order valence-corrected chi connectivity index (χ0v) is 28.1. The molecule has 2 aliphatic heterocycles. The fraction of sp³-hybridized carbons (Fsp3) is 0.342. The Hall–Kier alpha value is -5.31. The summed E-state index contributed by atoms with van der Waals surface area (Å²) in [5.41, 5.74) is 5.04. The molecule has 11 nitrogen and oxygen atoms in total. The van der Waals surface area contributed by atoms with E-state index in [4.69, 9.17) is 4.74 Å². The predicted octanol–water partition coefficient (Wildman–Crippen LogP) is 4.74. The van der Waals surface area contributed by atoms with E-state index in [2.05, 4.69) is 56.5 Å². The van der Waals surface area contributed by atoms with Crippen molar-refractivity contribution in [3.05, 3.63) is 88.7 Å². The molecule has 2 unspecified atom stereocenters. The average molecular weight is 663 g/mol. The Morgan fingerprint density at radius 3 is 2.61 bits per heavy atom. The second-order valence-corrected chi connectivity index (χ2v) is 12.2. The van der Waals surface area contributed by atoms with Gasteiger partial charge in [0.25, 0.3) is 0 Å². The number of amides is 2. The lowest BCUT2D eigenvalue weighted by molar-refractivity contribution is -0.137. The minimum absolute atomic E-state index is 0.263. The molecule has 2 fully saturated rings. The molecule has 0 radical (unpaired) electrons. The summed E-state index contributed by atoms with van der Waals surface area (Å²) in [5, 5.41) is 6.62. The maximum Gasteiger partial charge on any atom is 0.243 e. The van der Waals surface area contributed by atoms with E-state index in [0.29, 0.717) is 60.9 Å². The highest BCUT2D eigenvalue weighted by Crippen LogP contribution is 2.32. The van der Waals surface area contributed by atoms with Gasteiger partial charge in [-0.2, -0.15) is 0 Å². The quantitative estimate of drug-likeness (QED) is 0.0952. The molecule has 2 amide bonds. The highest BCUT2D eigenvalue weighted by Gasteiger charge is 2.30. The van der Waals surface area contributed by atoms with Gasteiger partial charge in [0.1, 0.15) is 24.1 Å². The van der Waals surface area contributed by atoms with Crippen LogP contribution in [0.1, 0.15) is 75.7 Å². The third-order valence-corrected chi connectivity index (χ3v) is 8.88. The lowest BCUT2D eigenvalue weighted by Gasteiger charge is -2.30. The molecular formula is C38H42N6O5. The standard InChI is InChI=1S/C25H24N2O5.C13H18N4/c1-27(23-12-13-24(30)26-25(23)31)15-22-19(6-4-7-20(22)17-29)5-2-3-14-32-21-10-8-18(16-28)9-11-21;1-14-13-7-10-9(8-15-13)6-11(16-10)12-4-3-5-17(12)2/h4,6-11,16-17,23H,3,12-15H2,1H3,(H,26,30,31);6-8,12,16H,3-5H2,1-2H3,(H,14,15). The van der Waals surface area contributed by atoms with Crippen molar-refractivity contribution in [3.63, 3.8) is 0 Å². The number of pyridine rings is 1. The van der Waals surface area contributed by atoms with Gasteiger partial charge in [0.2, 0.25) is 11.8 Å². The molecule has 49 heavy (non-hydrogen) atoms. The van der Waals surface area contributed by atoms with E-state index >= 15 is 0 Å². The Balaban J connectivity index is 0.000000229. The largest absolute Gasteiger partial charge is 0.493 e. The molecule has 0 saturated carbocycles. The molecule has 2 saturated heterocycles. The van der Waals surface area contributed by atoms with Gasteiger partial charge in [-0.1, -0.05) is 24.0 Å². The van der Waals surface area contributed by atoms with E-state index in [9.17, 15) is 19.2 Å². The highest BCUT2D eigenvalue weighted by molar-refractivity contribution is 6.00. The molecule has 3 N–H and O–H groups in total. The van der Waals surface area contributed by atoms with Crippen molar-refractivity contribution >= 4 is 41.1 Å². The van der Waals surface area contributed by atoms with Crippen LogP contribution < -0.4 is 15.4 Å². The summed E-state index contributed by atoms with van der Waals surface area (Å²) in [6, 6.07) is 16.6. The number of likely N-dealkylation sites (N-methyl/N-ethyl adjacent to an activating group) is 1. The van der Waals surface area contributed by atoms with Crippen LogP contribution in [0.4, 0.5) is 5.82 Å². The molecule has 2 aliphatic rings. The fourth-order valence-electron chi connectivity index (χ4n) is 6.16. The van der Waals surface area contributed by atoms with Crippen molar-refractivity contribution < 1.29 is 23.9 Å². The lowest BCUT2D eigenvalue weighted by atomic mass is 9.99. The number of carbonyl (C=O) groups excluding carboxylic acids is 4. The van der Waals surface area contributed by atoms with E-state index < -0.39 is 6.04 Å². The highest BCUT2D eigenvalue weighted by atomic mass is 16.5. The number of benzene rings is 2. The normalized spacial score (nSPS) is 17.5. The van der Waals surface area contributed by atoms with Crippen LogP contribution in [-0.2, 0) is 16.1 Å². The van der Waals surface area contributed by atoms with E-state index in [1.54, 1.807) is 43.4 Å². The van der Waals surface area contributed by atoms with Crippen molar-refractivity contribution in [3.8, 4) is 17.6 Å². The van der Waals surface area contributed by atoms with Crippen LogP contribution in [0.5, 0.6) is 5.75 Å². The smallest absolute Gasteiger partial charge is 0.243 e. The van der Waals surface area contributed by atoms with Gasteiger partial charge in [-0.05, 0) is 81.9 Å². The number of ether oxygens (including phenoxy) is 1. The number of imide groups is 1. The third kappa shape index (κ3) is 8.99. The van der Waals surface area contributed by atoms with Crippen LogP contribution in [0.15, 0.2) is 60.8 Å². The first-order valence-electron chi connectivity index (χ1n) is 16.4. The number of piperidine rings is 1. The molecular weight excluding hydrogens is 620 g/mol. The van der Waals surface area contributed by atoms with Crippen molar-refractivity contribution in [1.82, 2.24) is 25.1 Å². The molecule has 2 aromatic heterocycles. The lowest BCUT2D eigenvalue weighted by Crippen LogP contribution is -2.51. The van der Waals surface area contributed by atoms with Gasteiger partial charge >= 0.3 is 0 Å². The Morgan fingerprint density at radius 2 is 1.92 bits per heavy atom. The zero-order valence-electron chi connectivity index (χ0n) is 28.1. The number of fused-ring (bicyclic) bond motifs is 1. The Kier molecular flexibility index (Phi) is 11.9. The molecule has 6 rings (SSSR count). The minimum atomic E-state index is -0.438. The summed E-state index contributed by atoms with van der Waals surface area (Å²) in [5.74, 6) is 7.15. The van der Waals surface area contributed by atoms with Gasteiger partial charge in [0.05, 0.1) is 18.2 Å². The summed E-state index contributed by atoms with van der Waals surface area (Å²) in [6.07, 6.45) is 7.23. The van der Waals surface area contributed by atoms with Crippen LogP contribution >= 0.6 is 0 Å². The van der Waals surface area contributed by atoms with E-state index in [1.165, 1.54) is 36.0 Å². The van der Waals surface area contributed by atoms with Gasteiger partial charge in [-0.25, -0.2) is 4.98 Å². The van der Waals surface area contributed by atoms with Crippen molar-refractivity contribution in [1.29, 1.82) is 0 Å². The van der Waals surface area contributed by atoms with Crippen molar-refractivity contribution in [2.75, 3.05) is 39.6 Å². The van der Waals surface area contributed by atoms with Gasteiger partial charge in [-0.15, -0.1) is 0 Å². The third-order valence-electron chi connectivity index (χ3n) is 8.88. The van der Waals surface area contributed by atoms with Crippen LogP contribution in [-0.4, -0.2) is 84.5 Å². The molecule has 11 heteroatoms. The number of rotatable bonds is 10. The predicted molar refractivity (Wildman–Crippen MR) is 189 cm³/mol. The molecule has 4 aromatic rings. The van der Waals surface area contributed by atoms with E-state index in [0.717, 1.165) is 24.0 Å². The Bertz CT molecular complexity index is 1860. The summed E-state index contributed by atoms with van der Waals surface area (Å²) in [6.45, 7) is 1.93. The maximum atomic E-state index is 12.2. The molecule has 2 atom stereocenters. The van der Waals surface area contributed by atoms with Crippen molar-refractivity contribution in [2.45, 2.75) is 50.7 Å². The van der Waals surface area contributed by atoms with E-state index in [-0.39, 0.29) is 11.8 Å². The average Bonchev–Trinajstić information content (AvgIpc) is 3.74. The Morgan fingerprint density at radius 1 is 1.10 bits per heavy atom. The molecule has 2 aromatic carbocycles. The molecule has 4 heterocycles. The van der Waals surface area contributed by atoms with Gasteiger partial charge in [0, 0.05) is 72.5 Å². The fourth-order valence-corrected chi connectivity index (χ4v) is 6.16. The minimum Gasteiger partial charge on any atom is -0.493 e. The number of hydrogen-bond acceptors (Lipinski definition) is 9. The summed E-state index contributed by atoms with van der Waals surface area (Å²) in [7, 11) is 5.88. The summed E-state index contributed by atoms with van der Waals surface area (Å²) >= 11 is 0. The van der Waals surface area contributed by atoms with Gasteiger partial charge in [0.15, 0.2) is 0 Å². The number of aldehydes is 2. The second-order valence-electron chi connectivity index (χ2n) is 12.2. The number of aromatic amines is 1. The number of H-pyrrole nitrogens is 1. The molecule has 254 valence electrons. The molecule has 0 aliphatic carbocycles. The molecule has 0 bridgehead atoms. The van der Waals surface area contributed by atoms with Crippen LogP contribution in [0.2, 0.25) is 0 Å². The van der Waals surface area contributed by atoms with Crippen LogP contribution in [0.25, 0.3) is 10.9 Å². The molecule has 0 spiro atoms. The van der Waals surface area contributed by atoms with Crippen molar-refractivity contribution in [2.24, 2.45) is 0 Å². The topological polar surface area (TPSA) is 137 Å². The summed E-state index contributed by atoms with van der Waals surface area (Å²) in [4.78, 5) is 58.0. The number of hydrogen-bond donors (Lipinski definition) is 3. The number of nitrogens with zero attached hydrogens (tertiary/aromatic N) is 3. The first-order valence-corrected chi connectivity index (χ1v) is 16.4. The number of nitrogens with one attached hydrogen (secondary N) is 3. The van der Waals surface area contributed by atoms with Gasteiger partial charge in [-0.3, -0.25) is 34.3 Å². The monoisotopic (exact) mass is 662 g/mol. The SMILES string of the molecule is CN(Cc1c(C#CCCOc2ccc(C=O)cc2)cccc1C=O)C1CCC(=O)NC1=O.CNc1cc2[nH]c(C3CCCN3C)cc2cn1. The number of likely N-dealkylation sites (tertiary alicyclic amines) is 1. The summed E-state index contributed by atoms with van der Waals surface area (Å²) < 4.78 is 5.63. The second kappa shape index (κ2) is 16.7. The Labute approximate surface area is 286 Å². The first-order chi connectivity index (χ1) is 23.8. The first kappa shape index (κ1) is 35.0. The number of aromatic nitrogens is 2. The maximum absolute atomic E-state index is 12.2. The van der Waals surface area contributed by atoms with Crippen LogP contribution in [0.3, 0.4) is 0 Å². The van der Waals surface area contributed by atoms with E-state index in [1.807, 2.05) is 24.2 Å². The van der Waals surface area contributed by atoms with Crippen LogP contribution in [0, 0.1) is 11.8 Å². The number of anilines is 1.